The van der Waals surface area contributed by atoms with Gasteiger partial charge in [-0.25, -0.2) is 0 Å². The van der Waals surface area contributed by atoms with E-state index in [1.54, 1.807) is 0 Å². The maximum absolute atomic E-state index is 13.2. The molecule has 218 valence electrons. The van der Waals surface area contributed by atoms with E-state index in [2.05, 4.69) is 41.5 Å². The number of carbonyl (C=O) groups is 1. The molecule has 0 atom stereocenters. The fourth-order valence-corrected chi connectivity index (χ4v) is 5.99. The van der Waals surface area contributed by atoms with Gasteiger partial charge in [0.15, 0.2) is 5.78 Å². The standard InChI is InChI=1S/C33H52N2O3.HI/c1-7-34(8-2,9-3)21-13-15-23-37-27-17-19-29-30-20-18-28(26-32(30)33(36)31(29)25-27)38-24-16-14-22-35(10-4,11-5)12-6;/h17-20,25-26H,7-16,21-24H2,1-6H3;1H/q+2;/p-1. The number of rotatable bonds is 18. The number of ketones is 1. The lowest BCUT2D eigenvalue weighted by atomic mass is 10.1. The van der Waals surface area contributed by atoms with Gasteiger partial charge in [-0.3, -0.25) is 4.79 Å². The summed E-state index contributed by atoms with van der Waals surface area (Å²) in [6.07, 6.45) is 4.37. The lowest BCUT2D eigenvalue weighted by molar-refractivity contribution is -0.923. The van der Waals surface area contributed by atoms with Crippen LogP contribution in [0.4, 0.5) is 0 Å². The third-order valence-corrected chi connectivity index (χ3v) is 9.38. The highest BCUT2D eigenvalue weighted by molar-refractivity contribution is 6.22. The molecule has 0 bridgehead atoms. The van der Waals surface area contributed by atoms with E-state index in [1.165, 1.54) is 61.3 Å². The average Bonchev–Trinajstić information content (AvgIpc) is 3.24. The lowest BCUT2D eigenvalue weighted by Gasteiger charge is -2.35. The van der Waals surface area contributed by atoms with Gasteiger partial charge >= 0.3 is 0 Å². The van der Waals surface area contributed by atoms with E-state index >= 15 is 0 Å². The van der Waals surface area contributed by atoms with Crippen molar-refractivity contribution < 1.29 is 47.2 Å². The van der Waals surface area contributed by atoms with Gasteiger partial charge in [0.2, 0.25) is 0 Å². The van der Waals surface area contributed by atoms with Crippen LogP contribution in [0.5, 0.6) is 11.5 Å². The van der Waals surface area contributed by atoms with Gasteiger partial charge in [0.1, 0.15) is 11.5 Å². The SMILES string of the molecule is CC[N+](CC)(CC)CCCCOc1ccc2c(c1)C(=O)c1cc(OCCCC[N+](CC)(CC)CC)ccc1-2.[I-]. The van der Waals surface area contributed by atoms with Crippen LogP contribution in [-0.4, -0.2) is 80.3 Å². The van der Waals surface area contributed by atoms with Crippen molar-refractivity contribution in [1.82, 2.24) is 0 Å². The van der Waals surface area contributed by atoms with Gasteiger partial charge < -0.3 is 42.4 Å². The molecule has 0 N–H and O–H groups in total. The Morgan fingerprint density at radius 2 is 0.897 bits per heavy atom. The van der Waals surface area contributed by atoms with Crippen molar-refractivity contribution in [2.24, 2.45) is 0 Å². The minimum absolute atomic E-state index is 0. The number of nitrogens with zero attached hydrogens (tertiary/aromatic N) is 2. The topological polar surface area (TPSA) is 35.5 Å². The van der Waals surface area contributed by atoms with Crippen LogP contribution in [0.15, 0.2) is 36.4 Å². The molecule has 0 radical (unpaired) electrons. The zero-order chi connectivity index (χ0) is 27.6. The second kappa shape index (κ2) is 16.0. The Morgan fingerprint density at radius 3 is 1.23 bits per heavy atom. The van der Waals surface area contributed by atoms with Crippen molar-refractivity contribution in [2.75, 3.05) is 65.6 Å². The molecule has 5 nitrogen and oxygen atoms in total. The first-order valence-corrected chi connectivity index (χ1v) is 15.2. The highest BCUT2D eigenvalue weighted by Crippen LogP contribution is 2.40. The molecule has 3 rings (SSSR count). The number of hydrogen-bond donors (Lipinski definition) is 0. The largest absolute Gasteiger partial charge is 1.00 e. The highest BCUT2D eigenvalue weighted by atomic mass is 127. The molecule has 0 heterocycles. The second-order valence-corrected chi connectivity index (χ2v) is 10.9. The molecule has 0 spiro atoms. The number of quaternary nitrogens is 2. The Kier molecular flexibility index (Phi) is 13.7. The average molecular weight is 652 g/mol. The lowest BCUT2D eigenvalue weighted by Crippen LogP contribution is -3.00. The Hall–Kier alpha value is -1.64. The van der Waals surface area contributed by atoms with E-state index in [-0.39, 0.29) is 29.8 Å². The van der Waals surface area contributed by atoms with E-state index in [0.717, 1.165) is 59.4 Å². The van der Waals surface area contributed by atoms with Gasteiger partial charge in [-0.2, -0.15) is 0 Å². The third-order valence-electron chi connectivity index (χ3n) is 9.38. The van der Waals surface area contributed by atoms with Crippen LogP contribution in [-0.2, 0) is 0 Å². The first kappa shape index (κ1) is 33.6. The van der Waals surface area contributed by atoms with Gasteiger partial charge in [0.05, 0.1) is 65.6 Å². The molecule has 1 aliphatic carbocycles. The molecule has 0 aliphatic heterocycles. The summed E-state index contributed by atoms with van der Waals surface area (Å²) in [4.78, 5) is 13.2. The minimum Gasteiger partial charge on any atom is -1.00 e. The Balaban J connectivity index is 0.00000533. The van der Waals surface area contributed by atoms with Crippen LogP contribution in [0, 0.1) is 0 Å². The molecule has 2 aromatic rings. The van der Waals surface area contributed by atoms with E-state index < -0.39 is 0 Å². The molecule has 0 saturated heterocycles. The summed E-state index contributed by atoms with van der Waals surface area (Å²) >= 11 is 0. The van der Waals surface area contributed by atoms with E-state index in [0.29, 0.717) is 13.2 Å². The molecule has 0 aromatic heterocycles. The van der Waals surface area contributed by atoms with E-state index in [9.17, 15) is 4.79 Å². The highest BCUT2D eigenvalue weighted by Gasteiger charge is 2.28. The Bertz CT molecular complexity index is 949. The third kappa shape index (κ3) is 8.20. The second-order valence-electron chi connectivity index (χ2n) is 10.9. The van der Waals surface area contributed by atoms with Crippen LogP contribution < -0.4 is 33.5 Å². The fraction of sp³-hybridized carbons (Fsp3) is 0.606. The normalized spacial score (nSPS) is 12.6. The number of unbranched alkanes of at least 4 members (excludes halogenated alkanes) is 2. The monoisotopic (exact) mass is 651 g/mol. The molecular formula is C33H52IN2O3+. The first-order chi connectivity index (χ1) is 18.4. The molecule has 0 saturated carbocycles. The van der Waals surface area contributed by atoms with Crippen LogP contribution in [0.2, 0.25) is 0 Å². The summed E-state index contributed by atoms with van der Waals surface area (Å²) in [5, 5.41) is 0. The molecular weight excluding hydrogens is 599 g/mol. The summed E-state index contributed by atoms with van der Waals surface area (Å²) in [6, 6.07) is 11.9. The van der Waals surface area contributed by atoms with Gasteiger partial charge in [-0.05, 0) is 115 Å². The summed E-state index contributed by atoms with van der Waals surface area (Å²) < 4.78 is 14.5. The minimum atomic E-state index is 0. The quantitative estimate of drug-likeness (QED) is 0.119. The predicted molar refractivity (Wildman–Crippen MR) is 158 cm³/mol. The molecule has 6 heteroatoms. The number of hydrogen-bond acceptors (Lipinski definition) is 3. The van der Waals surface area contributed by atoms with Crippen molar-refractivity contribution >= 4 is 5.78 Å². The maximum Gasteiger partial charge on any atom is 0.194 e. The van der Waals surface area contributed by atoms with Crippen molar-refractivity contribution in [3.05, 3.63) is 47.5 Å². The number of halogens is 1. The number of ether oxygens (including phenoxy) is 2. The summed E-state index contributed by atoms with van der Waals surface area (Å²) in [5.74, 6) is 1.63. The maximum atomic E-state index is 13.2. The Labute approximate surface area is 255 Å². The summed E-state index contributed by atoms with van der Waals surface area (Å²) in [5.41, 5.74) is 3.46. The van der Waals surface area contributed by atoms with Crippen LogP contribution in [0.3, 0.4) is 0 Å². The van der Waals surface area contributed by atoms with Crippen LogP contribution in [0.1, 0.15) is 83.1 Å². The number of carbonyl (C=O) groups excluding carboxylic acids is 1. The molecule has 0 fully saturated rings. The summed E-state index contributed by atoms with van der Waals surface area (Å²) in [7, 11) is 0. The number of benzene rings is 2. The Morgan fingerprint density at radius 1 is 0.538 bits per heavy atom. The zero-order valence-corrected chi connectivity index (χ0v) is 27.5. The van der Waals surface area contributed by atoms with Crippen LogP contribution >= 0.6 is 0 Å². The molecule has 1 aliphatic rings. The van der Waals surface area contributed by atoms with Gasteiger partial charge in [-0.15, -0.1) is 0 Å². The van der Waals surface area contributed by atoms with Gasteiger partial charge in [0, 0.05) is 11.1 Å². The number of fused-ring (bicyclic) bond motifs is 3. The van der Waals surface area contributed by atoms with E-state index in [1.807, 2.05) is 36.4 Å². The van der Waals surface area contributed by atoms with Crippen molar-refractivity contribution in [3.63, 3.8) is 0 Å². The van der Waals surface area contributed by atoms with Crippen molar-refractivity contribution in [3.8, 4) is 22.6 Å². The molecule has 39 heavy (non-hydrogen) atoms. The van der Waals surface area contributed by atoms with Gasteiger partial charge in [-0.1, -0.05) is 0 Å². The first-order valence-electron chi connectivity index (χ1n) is 15.2. The fourth-order valence-electron chi connectivity index (χ4n) is 5.99. The van der Waals surface area contributed by atoms with Crippen molar-refractivity contribution in [2.45, 2.75) is 67.2 Å². The van der Waals surface area contributed by atoms with E-state index in [4.69, 9.17) is 9.47 Å². The van der Waals surface area contributed by atoms with Gasteiger partial charge in [0.25, 0.3) is 0 Å². The molecule has 0 unspecified atom stereocenters. The van der Waals surface area contributed by atoms with Crippen molar-refractivity contribution in [1.29, 1.82) is 0 Å². The zero-order valence-electron chi connectivity index (χ0n) is 25.4. The molecule has 0 amide bonds. The smallest absolute Gasteiger partial charge is 0.194 e. The predicted octanol–water partition coefficient (Wildman–Crippen LogP) is 3.97. The molecule has 2 aromatic carbocycles. The van der Waals surface area contributed by atoms with Crippen LogP contribution in [0.25, 0.3) is 11.1 Å². The summed E-state index contributed by atoms with van der Waals surface area (Å²) in [6.45, 7) is 24.6.